The Morgan fingerprint density at radius 1 is 1.06 bits per heavy atom. The van der Waals surface area contributed by atoms with Gasteiger partial charge >= 0.3 is 5.97 Å². The van der Waals surface area contributed by atoms with Gasteiger partial charge in [0.15, 0.2) is 12.4 Å². The minimum absolute atomic E-state index is 0.205. The topological polar surface area (TPSA) is 95.9 Å². The van der Waals surface area contributed by atoms with E-state index in [1.807, 2.05) is 42.5 Å². The number of rotatable bonds is 7. The van der Waals surface area contributed by atoms with E-state index in [4.69, 9.17) is 13.9 Å². The second-order valence-corrected chi connectivity index (χ2v) is 8.36. The highest BCUT2D eigenvalue weighted by molar-refractivity contribution is 5.85. The maximum Gasteiger partial charge on any atom is 0.344 e. The summed E-state index contributed by atoms with van der Waals surface area (Å²) in [5.74, 6) is 0.737. The SMILES string of the molecule is CC(C)OC(=O)COc1cccc(C=Nn2c(-c3cc4ccccc4o3)nc3ccccc3c2=O)c1. The third kappa shape index (κ3) is 4.88. The van der Waals surface area contributed by atoms with Crippen LogP contribution in [0, 0.1) is 0 Å². The first kappa shape index (κ1) is 23.0. The lowest BCUT2D eigenvalue weighted by Crippen LogP contribution is -2.20. The zero-order chi connectivity index (χ0) is 25.1. The molecule has 0 unspecified atom stereocenters. The van der Waals surface area contributed by atoms with Crippen LogP contribution < -0.4 is 10.3 Å². The van der Waals surface area contributed by atoms with Gasteiger partial charge in [-0.15, -0.1) is 0 Å². The van der Waals surface area contributed by atoms with Crippen molar-refractivity contribution in [2.45, 2.75) is 20.0 Å². The van der Waals surface area contributed by atoms with E-state index in [2.05, 4.69) is 10.1 Å². The average molecular weight is 482 g/mol. The number of carbonyl (C=O) groups excluding carboxylic acids is 1. The van der Waals surface area contributed by atoms with Gasteiger partial charge in [-0.25, -0.2) is 9.78 Å². The van der Waals surface area contributed by atoms with Crippen LogP contribution in [0.2, 0.25) is 0 Å². The molecule has 0 spiro atoms. The lowest BCUT2D eigenvalue weighted by molar-refractivity contribution is -0.149. The van der Waals surface area contributed by atoms with Crippen LogP contribution in [-0.4, -0.2) is 34.6 Å². The van der Waals surface area contributed by atoms with Crippen LogP contribution in [0.1, 0.15) is 19.4 Å². The molecule has 0 amide bonds. The van der Waals surface area contributed by atoms with Crippen LogP contribution in [0.15, 0.2) is 93.2 Å². The molecule has 180 valence electrons. The molecular weight excluding hydrogens is 458 g/mol. The standard InChI is InChI=1S/C28H23N3O5/c1-18(2)35-26(32)17-34-21-10-7-8-19(14-21)16-29-31-27(25-15-20-9-3-6-13-24(20)36-25)30-23-12-5-4-11-22(23)28(31)33/h3-16,18H,17H2,1-2H3. The number of hydrogen-bond donors (Lipinski definition) is 0. The van der Waals surface area contributed by atoms with Crippen molar-refractivity contribution in [1.82, 2.24) is 9.66 Å². The number of esters is 1. The average Bonchev–Trinajstić information content (AvgIpc) is 3.31. The quantitative estimate of drug-likeness (QED) is 0.239. The van der Waals surface area contributed by atoms with Crippen LogP contribution in [-0.2, 0) is 9.53 Å². The van der Waals surface area contributed by atoms with Crippen LogP contribution in [0.3, 0.4) is 0 Å². The fourth-order valence-electron chi connectivity index (χ4n) is 3.73. The summed E-state index contributed by atoms with van der Waals surface area (Å²) < 4.78 is 17.8. The molecule has 0 bridgehead atoms. The van der Waals surface area contributed by atoms with Gasteiger partial charge in [0.2, 0.25) is 5.82 Å². The largest absolute Gasteiger partial charge is 0.482 e. The van der Waals surface area contributed by atoms with Gasteiger partial charge < -0.3 is 13.9 Å². The predicted molar refractivity (Wildman–Crippen MR) is 137 cm³/mol. The summed E-state index contributed by atoms with van der Waals surface area (Å²) in [6.07, 6.45) is 1.32. The van der Waals surface area contributed by atoms with Gasteiger partial charge in [0.05, 0.1) is 23.2 Å². The van der Waals surface area contributed by atoms with E-state index < -0.39 is 5.97 Å². The molecule has 5 aromatic rings. The zero-order valence-electron chi connectivity index (χ0n) is 19.8. The van der Waals surface area contributed by atoms with Crippen LogP contribution in [0.5, 0.6) is 5.75 Å². The summed E-state index contributed by atoms with van der Waals surface area (Å²) in [7, 11) is 0. The minimum Gasteiger partial charge on any atom is -0.482 e. The third-order valence-corrected chi connectivity index (χ3v) is 5.30. The predicted octanol–water partition coefficient (Wildman–Crippen LogP) is 5.02. The van der Waals surface area contributed by atoms with E-state index in [1.54, 1.807) is 50.2 Å². The smallest absolute Gasteiger partial charge is 0.344 e. The minimum atomic E-state index is -0.451. The van der Waals surface area contributed by atoms with E-state index in [0.29, 0.717) is 33.6 Å². The molecule has 0 radical (unpaired) electrons. The number of furan rings is 1. The van der Waals surface area contributed by atoms with Gasteiger partial charge in [-0.2, -0.15) is 9.78 Å². The molecule has 2 heterocycles. The number of para-hydroxylation sites is 2. The lowest BCUT2D eigenvalue weighted by Gasteiger charge is -2.09. The Morgan fingerprint density at radius 3 is 2.69 bits per heavy atom. The molecule has 0 atom stereocenters. The first-order chi connectivity index (χ1) is 17.5. The van der Waals surface area contributed by atoms with E-state index in [-0.39, 0.29) is 24.1 Å². The number of nitrogens with zero attached hydrogens (tertiary/aromatic N) is 3. The fraction of sp³-hybridized carbons (Fsp3) is 0.143. The monoisotopic (exact) mass is 481 g/mol. The van der Waals surface area contributed by atoms with E-state index in [9.17, 15) is 9.59 Å². The third-order valence-electron chi connectivity index (χ3n) is 5.30. The Hall–Kier alpha value is -4.72. The van der Waals surface area contributed by atoms with Crippen LogP contribution >= 0.6 is 0 Å². The van der Waals surface area contributed by atoms with Crippen molar-refractivity contribution in [3.8, 4) is 17.3 Å². The first-order valence-electron chi connectivity index (χ1n) is 11.5. The normalized spacial score (nSPS) is 11.5. The van der Waals surface area contributed by atoms with Crippen LogP contribution in [0.4, 0.5) is 0 Å². The molecule has 5 rings (SSSR count). The summed E-state index contributed by atoms with van der Waals surface area (Å²) in [5, 5.41) is 5.79. The van der Waals surface area contributed by atoms with Gasteiger partial charge in [-0.1, -0.05) is 42.5 Å². The van der Waals surface area contributed by atoms with Gasteiger partial charge in [0.1, 0.15) is 11.3 Å². The van der Waals surface area contributed by atoms with Crippen molar-refractivity contribution >= 4 is 34.1 Å². The van der Waals surface area contributed by atoms with Crippen molar-refractivity contribution < 1.29 is 18.7 Å². The van der Waals surface area contributed by atoms with E-state index in [0.717, 1.165) is 5.39 Å². The van der Waals surface area contributed by atoms with E-state index in [1.165, 1.54) is 10.9 Å². The van der Waals surface area contributed by atoms with E-state index >= 15 is 0 Å². The molecule has 3 aromatic carbocycles. The van der Waals surface area contributed by atoms with Gasteiger partial charge in [0.25, 0.3) is 5.56 Å². The first-order valence-corrected chi connectivity index (χ1v) is 11.5. The molecule has 0 saturated carbocycles. The van der Waals surface area contributed by atoms with Crippen molar-refractivity contribution in [2.24, 2.45) is 5.10 Å². The molecule has 36 heavy (non-hydrogen) atoms. The Morgan fingerprint density at radius 2 is 1.86 bits per heavy atom. The zero-order valence-corrected chi connectivity index (χ0v) is 19.8. The molecule has 8 heteroatoms. The van der Waals surface area contributed by atoms with Crippen molar-refractivity contribution in [1.29, 1.82) is 0 Å². The number of carbonyl (C=O) groups is 1. The molecule has 0 aliphatic carbocycles. The fourth-order valence-corrected chi connectivity index (χ4v) is 3.73. The Kier molecular flexibility index (Phi) is 6.32. The summed E-state index contributed by atoms with van der Waals surface area (Å²) in [5.41, 5.74) is 1.58. The molecule has 8 nitrogen and oxygen atoms in total. The highest BCUT2D eigenvalue weighted by Gasteiger charge is 2.16. The number of fused-ring (bicyclic) bond motifs is 2. The van der Waals surface area contributed by atoms with Gasteiger partial charge in [-0.05, 0) is 55.8 Å². The van der Waals surface area contributed by atoms with Gasteiger partial charge in [-0.3, -0.25) is 4.79 Å². The Bertz CT molecular complexity index is 1620. The number of hydrogen-bond acceptors (Lipinski definition) is 7. The molecule has 2 aromatic heterocycles. The maximum absolute atomic E-state index is 13.4. The van der Waals surface area contributed by atoms with Gasteiger partial charge in [0, 0.05) is 5.39 Å². The number of ether oxygens (including phenoxy) is 2. The molecular formula is C28H23N3O5. The Balaban J connectivity index is 1.51. The highest BCUT2D eigenvalue weighted by atomic mass is 16.6. The van der Waals surface area contributed by atoms with Crippen molar-refractivity contribution in [3.05, 3.63) is 94.8 Å². The molecule has 0 aliphatic heterocycles. The summed E-state index contributed by atoms with van der Waals surface area (Å²) in [6, 6.07) is 23.5. The molecule has 0 aliphatic rings. The Labute approximate surface area is 206 Å². The molecule has 0 fully saturated rings. The lowest BCUT2D eigenvalue weighted by atomic mass is 10.2. The summed E-state index contributed by atoms with van der Waals surface area (Å²) >= 11 is 0. The van der Waals surface area contributed by atoms with Crippen molar-refractivity contribution in [2.75, 3.05) is 6.61 Å². The molecule has 0 N–H and O–H groups in total. The second-order valence-electron chi connectivity index (χ2n) is 8.36. The maximum atomic E-state index is 13.4. The summed E-state index contributed by atoms with van der Waals surface area (Å²) in [4.78, 5) is 29.8. The summed E-state index contributed by atoms with van der Waals surface area (Å²) in [6.45, 7) is 3.35. The van der Waals surface area contributed by atoms with Crippen molar-refractivity contribution in [3.63, 3.8) is 0 Å². The molecule has 0 saturated heterocycles. The second kappa shape index (κ2) is 9.87. The highest BCUT2D eigenvalue weighted by Crippen LogP contribution is 2.27. The number of benzene rings is 3. The van der Waals surface area contributed by atoms with Crippen LogP contribution in [0.25, 0.3) is 33.5 Å². The number of aromatic nitrogens is 2.